The van der Waals surface area contributed by atoms with Crippen LogP contribution in [0.5, 0.6) is 0 Å². The normalized spacial score (nSPS) is 16.8. The van der Waals surface area contributed by atoms with Gasteiger partial charge < -0.3 is 10.0 Å². The topological polar surface area (TPSA) is 56.7 Å². The lowest BCUT2D eigenvalue weighted by molar-refractivity contribution is -0.132. The molecule has 1 amide bonds. The fraction of sp³-hybridized carbons (Fsp3) is 0.538. The second-order valence-electron chi connectivity index (χ2n) is 4.48. The minimum atomic E-state index is 0.159. The van der Waals surface area contributed by atoms with Gasteiger partial charge in [0.1, 0.15) is 0 Å². The number of β-amino-alcohol motifs (C(OH)–C–C–N with tert-alkyl or cyclic N) is 1. The lowest BCUT2D eigenvalue weighted by Crippen LogP contribution is -2.49. The highest BCUT2D eigenvalue weighted by atomic mass is 16.3. The molecule has 0 aliphatic carbocycles. The molecule has 1 aromatic rings. The summed E-state index contributed by atoms with van der Waals surface area (Å²) in [7, 11) is 0. The summed E-state index contributed by atoms with van der Waals surface area (Å²) in [5.41, 5.74) is 0.959. The van der Waals surface area contributed by atoms with Gasteiger partial charge in [-0.3, -0.25) is 14.7 Å². The van der Waals surface area contributed by atoms with Crippen molar-refractivity contribution in [2.45, 2.75) is 6.42 Å². The minimum absolute atomic E-state index is 0.159. The number of aliphatic hydroxyl groups is 1. The van der Waals surface area contributed by atoms with Crippen LogP contribution >= 0.6 is 0 Å². The molecule has 0 atom stereocenters. The fourth-order valence-electron chi connectivity index (χ4n) is 2.15. The van der Waals surface area contributed by atoms with E-state index in [9.17, 15) is 4.79 Å². The van der Waals surface area contributed by atoms with Gasteiger partial charge in [-0.15, -0.1) is 0 Å². The summed E-state index contributed by atoms with van der Waals surface area (Å²) in [5, 5.41) is 8.86. The highest BCUT2D eigenvalue weighted by Crippen LogP contribution is 2.05. The van der Waals surface area contributed by atoms with Crippen LogP contribution in [0.2, 0.25) is 0 Å². The van der Waals surface area contributed by atoms with E-state index < -0.39 is 0 Å². The Morgan fingerprint density at radius 1 is 1.33 bits per heavy atom. The van der Waals surface area contributed by atoms with Crippen LogP contribution in [-0.4, -0.2) is 65.1 Å². The van der Waals surface area contributed by atoms with Crippen molar-refractivity contribution in [3.63, 3.8) is 0 Å². The van der Waals surface area contributed by atoms with Crippen LogP contribution in [-0.2, 0) is 11.2 Å². The van der Waals surface area contributed by atoms with E-state index in [0.717, 1.165) is 31.7 Å². The van der Waals surface area contributed by atoms with E-state index in [1.165, 1.54) is 0 Å². The Bertz CT molecular complexity index is 375. The largest absolute Gasteiger partial charge is 0.395 e. The first-order chi connectivity index (χ1) is 8.79. The van der Waals surface area contributed by atoms with Gasteiger partial charge in [-0.2, -0.15) is 0 Å². The summed E-state index contributed by atoms with van der Waals surface area (Å²) < 4.78 is 0. The first kappa shape index (κ1) is 13.0. The summed E-state index contributed by atoms with van der Waals surface area (Å²) in [6.07, 6.45) is 3.87. The average Bonchev–Trinajstić information content (AvgIpc) is 2.41. The maximum Gasteiger partial charge on any atom is 0.227 e. The first-order valence-electron chi connectivity index (χ1n) is 6.29. The molecule has 1 N–H and O–H groups in total. The smallest absolute Gasteiger partial charge is 0.227 e. The third kappa shape index (κ3) is 3.51. The molecule has 2 rings (SSSR count). The third-order valence-electron chi connectivity index (χ3n) is 3.22. The van der Waals surface area contributed by atoms with Gasteiger partial charge in [-0.1, -0.05) is 6.07 Å². The molecule has 18 heavy (non-hydrogen) atoms. The number of rotatable bonds is 4. The Morgan fingerprint density at radius 2 is 2.11 bits per heavy atom. The highest BCUT2D eigenvalue weighted by Gasteiger charge is 2.20. The van der Waals surface area contributed by atoms with Crippen molar-refractivity contribution in [1.29, 1.82) is 0 Å². The van der Waals surface area contributed by atoms with Crippen molar-refractivity contribution in [3.8, 4) is 0 Å². The van der Waals surface area contributed by atoms with Crippen LogP contribution < -0.4 is 0 Å². The molecule has 0 radical (unpaired) electrons. The van der Waals surface area contributed by atoms with Crippen molar-refractivity contribution in [2.75, 3.05) is 39.3 Å². The first-order valence-corrected chi connectivity index (χ1v) is 6.29. The molecule has 1 aliphatic heterocycles. The van der Waals surface area contributed by atoms with Gasteiger partial charge in [0, 0.05) is 45.1 Å². The summed E-state index contributed by atoms with van der Waals surface area (Å²) in [4.78, 5) is 20.1. The zero-order valence-electron chi connectivity index (χ0n) is 10.5. The van der Waals surface area contributed by atoms with E-state index in [1.807, 2.05) is 17.0 Å². The lowest BCUT2D eigenvalue weighted by Gasteiger charge is -2.34. The lowest BCUT2D eigenvalue weighted by atomic mass is 10.2. The van der Waals surface area contributed by atoms with Crippen molar-refractivity contribution >= 4 is 5.91 Å². The standard InChI is InChI=1S/C13H19N3O2/c17-9-8-15-4-6-16(7-5-15)13(18)10-12-2-1-3-14-11-12/h1-3,11,17H,4-10H2. The average molecular weight is 249 g/mol. The molecule has 2 heterocycles. The molecule has 5 nitrogen and oxygen atoms in total. The van der Waals surface area contributed by atoms with Crippen LogP contribution in [0.4, 0.5) is 0 Å². The van der Waals surface area contributed by atoms with Crippen LogP contribution in [0, 0.1) is 0 Å². The van der Waals surface area contributed by atoms with Gasteiger partial charge in [0.25, 0.3) is 0 Å². The number of aliphatic hydroxyl groups excluding tert-OH is 1. The summed E-state index contributed by atoms with van der Waals surface area (Å²) >= 11 is 0. The predicted octanol–water partition coefficient (Wildman–Crippen LogP) is -0.239. The van der Waals surface area contributed by atoms with E-state index in [-0.39, 0.29) is 12.5 Å². The van der Waals surface area contributed by atoms with Crippen LogP contribution in [0.1, 0.15) is 5.56 Å². The van der Waals surface area contributed by atoms with Gasteiger partial charge in [0.2, 0.25) is 5.91 Å². The second kappa shape index (κ2) is 6.47. The van der Waals surface area contributed by atoms with E-state index in [1.54, 1.807) is 12.4 Å². The third-order valence-corrected chi connectivity index (χ3v) is 3.22. The summed E-state index contributed by atoms with van der Waals surface area (Å²) in [5.74, 6) is 0.159. The molecule has 0 aromatic carbocycles. The molecule has 1 fully saturated rings. The van der Waals surface area contributed by atoms with E-state index in [0.29, 0.717) is 13.0 Å². The van der Waals surface area contributed by atoms with Crippen molar-refractivity contribution < 1.29 is 9.90 Å². The molecule has 1 saturated heterocycles. The molecular weight excluding hydrogens is 230 g/mol. The molecule has 5 heteroatoms. The van der Waals surface area contributed by atoms with Crippen molar-refractivity contribution in [1.82, 2.24) is 14.8 Å². The Kier molecular flexibility index (Phi) is 4.66. The molecule has 0 unspecified atom stereocenters. The summed E-state index contributed by atoms with van der Waals surface area (Å²) in [6, 6.07) is 3.77. The van der Waals surface area contributed by atoms with Gasteiger partial charge in [-0.25, -0.2) is 0 Å². The number of nitrogens with zero attached hydrogens (tertiary/aromatic N) is 3. The molecule has 0 bridgehead atoms. The maximum atomic E-state index is 12.1. The van der Waals surface area contributed by atoms with Gasteiger partial charge >= 0.3 is 0 Å². The Hall–Kier alpha value is -1.46. The van der Waals surface area contributed by atoms with Gasteiger partial charge in [0.15, 0.2) is 0 Å². The number of hydrogen-bond acceptors (Lipinski definition) is 4. The summed E-state index contributed by atoms with van der Waals surface area (Å²) in [6.45, 7) is 4.07. The monoisotopic (exact) mass is 249 g/mol. The Morgan fingerprint density at radius 3 is 2.72 bits per heavy atom. The van der Waals surface area contributed by atoms with Gasteiger partial charge in [0.05, 0.1) is 13.0 Å². The molecule has 0 saturated carbocycles. The number of pyridine rings is 1. The molecule has 1 aromatic heterocycles. The number of carbonyl (C=O) groups excluding carboxylic acids is 1. The SMILES string of the molecule is O=C(Cc1cccnc1)N1CCN(CCO)CC1. The molecule has 1 aliphatic rings. The van der Waals surface area contributed by atoms with Crippen molar-refractivity contribution in [3.05, 3.63) is 30.1 Å². The number of piperazine rings is 1. The quantitative estimate of drug-likeness (QED) is 0.800. The number of amides is 1. The van der Waals surface area contributed by atoms with Crippen LogP contribution in [0.25, 0.3) is 0 Å². The molecule has 0 spiro atoms. The van der Waals surface area contributed by atoms with E-state index >= 15 is 0 Å². The predicted molar refractivity (Wildman–Crippen MR) is 68.0 cm³/mol. The van der Waals surface area contributed by atoms with Crippen LogP contribution in [0.3, 0.4) is 0 Å². The van der Waals surface area contributed by atoms with Crippen LogP contribution in [0.15, 0.2) is 24.5 Å². The zero-order chi connectivity index (χ0) is 12.8. The van der Waals surface area contributed by atoms with E-state index in [2.05, 4.69) is 9.88 Å². The highest BCUT2D eigenvalue weighted by molar-refractivity contribution is 5.78. The second-order valence-corrected chi connectivity index (χ2v) is 4.48. The number of hydrogen-bond donors (Lipinski definition) is 1. The fourth-order valence-corrected chi connectivity index (χ4v) is 2.15. The molecule has 98 valence electrons. The van der Waals surface area contributed by atoms with E-state index in [4.69, 9.17) is 5.11 Å². The van der Waals surface area contributed by atoms with Crippen molar-refractivity contribution in [2.24, 2.45) is 0 Å². The Balaban J connectivity index is 1.81. The minimum Gasteiger partial charge on any atom is -0.395 e. The maximum absolute atomic E-state index is 12.1. The number of carbonyl (C=O) groups is 1. The number of aromatic nitrogens is 1. The van der Waals surface area contributed by atoms with Gasteiger partial charge in [-0.05, 0) is 11.6 Å². The molecular formula is C13H19N3O2. The Labute approximate surface area is 107 Å². The zero-order valence-corrected chi connectivity index (χ0v) is 10.5.